The van der Waals surface area contributed by atoms with E-state index in [1.165, 1.54) is 15.3 Å². The molecule has 1 unspecified atom stereocenters. The van der Waals surface area contributed by atoms with E-state index in [9.17, 15) is 22.8 Å². The maximum atomic E-state index is 15.0. The van der Waals surface area contributed by atoms with E-state index in [-0.39, 0.29) is 43.9 Å². The summed E-state index contributed by atoms with van der Waals surface area (Å²) in [5, 5.41) is 1.82. The molecule has 3 fully saturated rings. The molecule has 0 radical (unpaired) electrons. The second-order valence-corrected chi connectivity index (χ2v) is 11.3. The summed E-state index contributed by atoms with van der Waals surface area (Å²) in [6.45, 7) is 2.24. The highest BCUT2D eigenvalue weighted by Gasteiger charge is 2.40. The molecule has 0 saturated carbocycles. The second kappa shape index (κ2) is 8.90. The van der Waals surface area contributed by atoms with Gasteiger partial charge in [-0.25, -0.2) is 12.8 Å². The Kier molecular flexibility index (Phi) is 6.07. The summed E-state index contributed by atoms with van der Waals surface area (Å²) in [5.74, 6) is -1.86. The van der Waals surface area contributed by atoms with Crippen molar-refractivity contribution in [3.8, 4) is 0 Å². The lowest BCUT2D eigenvalue weighted by molar-refractivity contribution is -0.136. The number of hydrogen-bond acceptors (Lipinski definition) is 7. The van der Waals surface area contributed by atoms with Crippen LogP contribution in [0.2, 0.25) is 0 Å². The lowest BCUT2D eigenvalue weighted by atomic mass is 10.0. The molecule has 184 valence electrons. The van der Waals surface area contributed by atoms with E-state index in [2.05, 4.69) is 5.32 Å². The number of nitrogens with zero attached hydrogens (tertiary/aromatic N) is 3. The molecule has 1 aromatic carbocycles. The summed E-state index contributed by atoms with van der Waals surface area (Å²) >= 11 is 0. The number of piperazine rings is 1. The first-order valence-electron chi connectivity index (χ1n) is 11.5. The van der Waals surface area contributed by atoms with Crippen LogP contribution in [-0.4, -0.2) is 86.0 Å². The highest BCUT2D eigenvalue weighted by molar-refractivity contribution is 7.89. The molecule has 10 nitrogen and oxygen atoms in total. The highest BCUT2D eigenvalue weighted by Crippen LogP contribution is 2.33. The number of rotatable bonds is 4. The van der Waals surface area contributed by atoms with Gasteiger partial charge < -0.3 is 14.5 Å². The fourth-order valence-electron chi connectivity index (χ4n) is 5.19. The molecule has 34 heavy (non-hydrogen) atoms. The van der Waals surface area contributed by atoms with E-state index in [4.69, 9.17) is 4.74 Å². The van der Waals surface area contributed by atoms with Crippen LogP contribution < -0.4 is 10.2 Å². The van der Waals surface area contributed by atoms with Crippen LogP contribution in [0.15, 0.2) is 12.1 Å². The van der Waals surface area contributed by atoms with Crippen LogP contribution in [0.3, 0.4) is 0 Å². The SMILES string of the molecule is O=C1CCC(N2Cc3cc(N4CCN(S(=O)(=O)C5CCOCC5)CC4)c(F)cc3C2=O)C(=O)N1. The van der Waals surface area contributed by atoms with Gasteiger partial charge in [0.2, 0.25) is 21.8 Å². The average Bonchev–Trinajstić information content (AvgIpc) is 3.14. The van der Waals surface area contributed by atoms with Crippen molar-refractivity contribution < 1.29 is 31.9 Å². The fourth-order valence-corrected chi connectivity index (χ4v) is 7.07. The number of imide groups is 1. The number of carbonyl (C=O) groups excluding carboxylic acids is 3. The molecule has 1 N–H and O–H groups in total. The Hall–Kier alpha value is -2.57. The molecule has 4 aliphatic rings. The van der Waals surface area contributed by atoms with E-state index >= 15 is 4.39 Å². The maximum absolute atomic E-state index is 15.0. The number of amides is 3. The standard InChI is InChI=1S/C22H27FN4O6S/c23-17-12-16-14(13-27(22(16)30)18-1-2-20(28)24-21(18)29)11-19(17)25-5-7-26(8-6-25)34(31,32)15-3-9-33-10-4-15/h11-12,15,18H,1-10,13H2,(H,24,28,29). The molecule has 0 spiro atoms. The topological polar surface area (TPSA) is 116 Å². The lowest BCUT2D eigenvalue weighted by Crippen LogP contribution is -2.52. The van der Waals surface area contributed by atoms with Crippen molar-refractivity contribution in [1.82, 2.24) is 14.5 Å². The molecule has 4 aliphatic heterocycles. The quantitative estimate of drug-likeness (QED) is 0.595. The number of carbonyl (C=O) groups is 3. The number of sulfonamides is 1. The molecule has 3 amide bonds. The van der Waals surface area contributed by atoms with Crippen LogP contribution in [0.1, 0.15) is 41.6 Å². The van der Waals surface area contributed by atoms with Crippen LogP contribution in [0.25, 0.3) is 0 Å². The van der Waals surface area contributed by atoms with Crippen LogP contribution in [0.4, 0.5) is 10.1 Å². The predicted molar refractivity (Wildman–Crippen MR) is 119 cm³/mol. The lowest BCUT2D eigenvalue weighted by Gasteiger charge is -2.37. The maximum Gasteiger partial charge on any atom is 0.255 e. The predicted octanol–water partition coefficient (Wildman–Crippen LogP) is 0.218. The molecule has 0 aromatic heterocycles. The Labute approximate surface area is 197 Å². The monoisotopic (exact) mass is 494 g/mol. The van der Waals surface area contributed by atoms with Gasteiger partial charge in [-0.1, -0.05) is 0 Å². The molecule has 12 heteroatoms. The number of fused-ring (bicyclic) bond motifs is 1. The Balaban J connectivity index is 1.29. The van der Waals surface area contributed by atoms with E-state index in [0.29, 0.717) is 50.4 Å². The molecule has 1 aromatic rings. The molecule has 1 atom stereocenters. The Morgan fingerprint density at radius 1 is 1.00 bits per heavy atom. The third kappa shape index (κ3) is 4.07. The Morgan fingerprint density at radius 2 is 1.71 bits per heavy atom. The van der Waals surface area contributed by atoms with Gasteiger partial charge in [-0.15, -0.1) is 0 Å². The molecule has 0 aliphatic carbocycles. The zero-order chi connectivity index (χ0) is 24.0. The third-order valence-electron chi connectivity index (χ3n) is 7.12. The van der Waals surface area contributed by atoms with Crippen molar-refractivity contribution >= 4 is 33.4 Å². The first-order chi connectivity index (χ1) is 16.3. The van der Waals surface area contributed by atoms with Gasteiger partial charge in [0.25, 0.3) is 5.91 Å². The number of piperidine rings is 1. The van der Waals surface area contributed by atoms with Gasteiger partial charge in [-0.3, -0.25) is 19.7 Å². The smallest absolute Gasteiger partial charge is 0.255 e. The summed E-state index contributed by atoms with van der Waals surface area (Å²) in [5.41, 5.74) is 1.15. The van der Waals surface area contributed by atoms with Gasteiger partial charge >= 0.3 is 0 Å². The fraction of sp³-hybridized carbons (Fsp3) is 0.591. The zero-order valence-corrected chi connectivity index (χ0v) is 19.5. The largest absolute Gasteiger partial charge is 0.381 e. The number of halogens is 1. The first-order valence-corrected chi connectivity index (χ1v) is 13.0. The minimum absolute atomic E-state index is 0.150. The van der Waals surface area contributed by atoms with Crippen molar-refractivity contribution in [2.24, 2.45) is 0 Å². The van der Waals surface area contributed by atoms with E-state index in [1.54, 1.807) is 11.0 Å². The van der Waals surface area contributed by atoms with Crippen molar-refractivity contribution in [3.05, 3.63) is 29.1 Å². The third-order valence-corrected chi connectivity index (χ3v) is 9.52. The van der Waals surface area contributed by atoms with Gasteiger partial charge in [-0.2, -0.15) is 4.31 Å². The number of benzene rings is 1. The minimum Gasteiger partial charge on any atom is -0.381 e. The summed E-state index contributed by atoms with van der Waals surface area (Å²) < 4.78 is 47.7. The second-order valence-electron chi connectivity index (χ2n) is 9.10. The Bertz CT molecular complexity index is 1130. The van der Waals surface area contributed by atoms with E-state index in [1.807, 2.05) is 0 Å². The summed E-state index contributed by atoms with van der Waals surface area (Å²) in [7, 11) is -3.43. The zero-order valence-electron chi connectivity index (χ0n) is 18.7. The van der Waals surface area contributed by atoms with E-state index < -0.39 is 38.9 Å². The Morgan fingerprint density at radius 3 is 2.38 bits per heavy atom. The number of hydrogen-bond donors (Lipinski definition) is 1. The molecule has 3 saturated heterocycles. The van der Waals surface area contributed by atoms with Crippen molar-refractivity contribution in [1.29, 1.82) is 0 Å². The van der Waals surface area contributed by atoms with Crippen molar-refractivity contribution in [2.45, 2.75) is 43.5 Å². The number of anilines is 1. The molecular formula is C22H27FN4O6S. The van der Waals surface area contributed by atoms with Gasteiger partial charge in [0, 0.05) is 57.9 Å². The van der Waals surface area contributed by atoms with Crippen LogP contribution in [0.5, 0.6) is 0 Å². The highest BCUT2D eigenvalue weighted by atomic mass is 32.2. The summed E-state index contributed by atoms with van der Waals surface area (Å²) in [6, 6.07) is 2.06. The molecular weight excluding hydrogens is 467 g/mol. The van der Waals surface area contributed by atoms with Crippen LogP contribution >= 0.6 is 0 Å². The van der Waals surface area contributed by atoms with Gasteiger partial charge in [0.05, 0.1) is 10.9 Å². The summed E-state index contributed by atoms with van der Waals surface area (Å²) in [4.78, 5) is 39.7. The van der Waals surface area contributed by atoms with Gasteiger partial charge in [0.15, 0.2) is 0 Å². The minimum atomic E-state index is -3.43. The van der Waals surface area contributed by atoms with E-state index in [0.717, 1.165) is 0 Å². The van der Waals surface area contributed by atoms with Crippen LogP contribution in [-0.2, 0) is 30.9 Å². The molecule has 0 bridgehead atoms. The van der Waals surface area contributed by atoms with Gasteiger partial charge in [0.1, 0.15) is 11.9 Å². The molecule has 4 heterocycles. The van der Waals surface area contributed by atoms with Crippen molar-refractivity contribution in [2.75, 3.05) is 44.3 Å². The van der Waals surface area contributed by atoms with Gasteiger partial charge in [-0.05, 0) is 37.0 Å². The number of ether oxygens (including phenoxy) is 1. The molecule has 5 rings (SSSR count). The van der Waals surface area contributed by atoms with Crippen LogP contribution in [0, 0.1) is 5.82 Å². The number of nitrogens with one attached hydrogen (secondary N) is 1. The normalized spacial score (nSPS) is 25.0. The summed E-state index contributed by atoms with van der Waals surface area (Å²) in [6.07, 6.45) is 1.36. The first kappa shape index (κ1) is 23.2. The average molecular weight is 495 g/mol. The van der Waals surface area contributed by atoms with Crippen molar-refractivity contribution in [3.63, 3.8) is 0 Å².